The van der Waals surface area contributed by atoms with Crippen molar-refractivity contribution in [2.75, 3.05) is 6.54 Å². The lowest BCUT2D eigenvalue weighted by Gasteiger charge is -2.25. The van der Waals surface area contributed by atoms with Gasteiger partial charge in [-0.25, -0.2) is 0 Å². The summed E-state index contributed by atoms with van der Waals surface area (Å²) in [5, 5.41) is 8.91. The summed E-state index contributed by atoms with van der Waals surface area (Å²) < 4.78 is 0. The number of rotatable bonds is 3. The average Bonchev–Trinajstić information content (AvgIpc) is 2.86. The standard InChI is InChI=1S/C15H19N3OS/c1-10(2)13(17)3-4-15(19)18-6-5-11-7-12(8-16)20-14(11)9-18/h3-4,7,10,13H,5-6,9,17H2,1-2H3/b4-3+. The predicted octanol–water partition coefficient (Wildman–Crippen LogP) is 2.04. The van der Waals surface area contributed by atoms with E-state index >= 15 is 0 Å². The molecule has 0 fully saturated rings. The Morgan fingerprint density at radius 1 is 1.60 bits per heavy atom. The van der Waals surface area contributed by atoms with Gasteiger partial charge in [-0.3, -0.25) is 4.79 Å². The van der Waals surface area contributed by atoms with Gasteiger partial charge in [0.25, 0.3) is 0 Å². The van der Waals surface area contributed by atoms with Crippen LogP contribution >= 0.6 is 11.3 Å². The molecule has 5 heteroatoms. The zero-order chi connectivity index (χ0) is 14.7. The minimum atomic E-state index is -0.0915. The maximum absolute atomic E-state index is 12.1. The van der Waals surface area contributed by atoms with Crippen molar-refractivity contribution in [3.05, 3.63) is 33.5 Å². The summed E-state index contributed by atoms with van der Waals surface area (Å²) in [5.74, 6) is 0.321. The highest BCUT2D eigenvalue weighted by molar-refractivity contribution is 7.12. The Balaban J connectivity index is 2.02. The number of hydrogen-bond acceptors (Lipinski definition) is 4. The van der Waals surface area contributed by atoms with Crippen LogP contribution in [0.25, 0.3) is 0 Å². The summed E-state index contributed by atoms with van der Waals surface area (Å²) in [4.78, 5) is 15.8. The molecule has 0 aliphatic carbocycles. The third-order valence-corrected chi connectivity index (χ3v) is 4.60. The molecule has 1 unspecified atom stereocenters. The molecular formula is C15H19N3OS. The summed E-state index contributed by atoms with van der Waals surface area (Å²) >= 11 is 1.48. The average molecular weight is 289 g/mol. The smallest absolute Gasteiger partial charge is 0.246 e. The highest BCUT2D eigenvalue weighted by atomic mass is 32.1. The monoisotopic (exact) mass is 289 g/mol. The van der Waals surface area contributed by atoms with Crippen molar-refractivity contribution < 1.29 is 4.79 Å². The Morgan fingerprint density at radius 3 is 3.00 bits per heavy atom. The lowest BCUT2D eigenvalue weighted by molar-refractivity contribution is -0.126. The quantitative estimate of drug-likeness (QED) is 0.866. The number of amides is 1. The maximum Gasteiger partial charge on any atom is 0.246 e. The van der Waals surface area contributed by atoms with E-state index in [1.54, 1.807) is 12.2 Å². The number of nitrogens with two attached hydrogens (primary N) is 1. The van der Waals surface area contributed by atoms with Crippen LogP contribution in [-0.2, 0) is 17.8 Å². The number of carbonyl (C=O) groups is 1. The summed E-state index contributed by atoms with van der Waals surface area (Å²) in [6, 6.07) is 4.01. The molecule has 1 atom stereocenters. The molecule has 0 radical (unpaired) electrons. The molecule has 1 aromatic rings. The number of fused-ring (bicyclic) bond motifs is 1. The predicted molar refractivity (Wildman–Crippen MR) is 80.1 cm³/mol. The lowest BCUT2D eigenvalue weighted by atomic mass is 10.0. The molecule has 0 saturated carbocycles. The van der Waals surface area contributed by atoms with Crippen LogP contribution in [0, 0.1) is 17.2 Å². The van der Waals surface area contributed by atoms with Gasteiger partial charge in [-0.15, -0.1) is 11.3 Å². The minimum Gasteiger partial charge on any atom is -0.334 e. The molecule has 0 saturated heterocycles. The lowest BCUT2D eigenvalue weighted by Crippen LogP contribution is -2.34. The molecule has 106 valence electrons. The van der Waals surface area contributed by atoms with Crippen molar-refractivity contribution in [1.29, 1.82) is 5.26 Å². The largest absolute Gasteiger partial charge is 0.334 e. The van der Waals surface area contributed by atoms with Gasteiger partial charge in [0.05, 0.1) is 6.54 Å². The van der Waals surface area contributed by atoms with Crippen molar-refractivity contribution in [2.45, 2.75) is 32.9 Å². The first kappa shape index (κ1) is 14.8. The van der Waals surface area contributed by atoms with Crippen molar-refractivity contribution in [3.8, 4) is 6.07 Å². The number of carbonyl (C=O) groups excluding carboxylic acids is 1. The number of hydrogen-bond donors (Lipinski definition) is 1. The van der Waals surface area contributed by atoms with Gasteiger partial charge in [0.1, 0.15) is 10.9 Å². The van der Waals surface area contributed by atoms with Crippen LogP contribution in [0.4, 0.5) is 0 Å². The van der Waals surface area contributed by atoms with Gasteiger partial charge in [-0.2, -0.15) is 5.26 Å². The second-order valence-electron chi connectivity index (χ2n) is 5.36. The van der Waals surface area contributed by atoms with Crippen LogP contribution in [0.15, 0.2) is 18.2 Å². The van der Waals surface area contributed by atoms with Gasteiger partial charge in [0.2, 0.25) is 5.91 Å². The first-order valence-corrected chi connectivity index (χ1v) is 7.57. The molecule has 1 aliphatic heterocycles. The van der Waals surface area contributed by atoms with Crippen molar-refractivity contribution in [1.82, 2.24) is 4.90 Å². The molecule has 2 rings (SSSR count). The first-order chi connectivity index (χ1) is 9.51. The Hall–Kier alpha value is -1.64. The van der Waals surface area contributed by atoms with E-state index in [9.17, 15) is 4.79 Å². The van der Waals surface area contributed by atoms with E-state index < -0.39 is 0 Å². The number of thiophene rings is 1. The number of nitriles is 1. The second kappa shape index (κ2) is 6.21. The van der Waals surface area contributed by atoms with E-state index in [0.29, 0.717) is 19.0 Å². The van der Waals surface area contributed by atoms with Gasteiger partial charge in [-0.05, 0) is 24.0 Å². The van der Waals surface area contributed by atoms with Crippen LogP contribution in [-0.4, -0.2) is 23.4 Å². The van der Waals surface area contributed by atoms with Gasteiger partial charge in [-0.1, -0.05) is 19.9 Å². The third kappa shape index (κ3) is 3.27. The minimum absolute atomic E-state index is 0.00124. The molecule has 0 aromatic carbocycles. The van der Waals surface area contributed by atoms with Crippen LogP contribution in [0.5, 0.6) is 0 Å². The fourth-order valence-corrected chi connectivity index (χ4v) is 3.11. The van der Waals surface area contributed by atoms with Crippen molar-refractivity contribution in [2.24, 2.45) is 11.7 Å². The Morgan fingerprint density at radius 2 is 2.35 bits per heavy atom. The van der Waals surface area contributed by atoms with E-state index in [1.807, 2.05) is 24.8 Å². The molecule has 4 nitrogen and oxygen atoms in total. The highest BCUT2D eigenvalue weighted by Gasteiger charge is 2.21. The molecule has 0 spiro atoms. The van der Waals surface area contributed by atoms with Crippen LogP contribution in [0.3, 0.4) is 0 Å². The van der Waals surface area contributed by atoms with E-state index in [0.717, 1.165) is 16.2 Å². The van der Waals surface area contributed by atoms with Crippen molar-refractivity contribution in [3.63, 3.8) is 0 Å². The zero-order valence-electron chi connectivity index (χ0n) is 11.8. The molecule has 2 N–H and O–H groups in total. The first-order valence-electron chi connectivity index (χ1n) is 6.75. The Labute approximate surface area is 123 Å². The SMILES string of the molecule is CC(C)C(N)/C=C/C(=O)N1CCc2cc(C#N)sc2C1. The Bertz CT molecular complexity index is 568. The van der Waals surface area contributed by atoms with Gasteiger partial charge in [0, 0.05) is 23.5 Å². The van der Waals surface area contributed by atoms with E-state index in [2.05, 4.69) is 6.07 Å². The van der Waals surface area contributed by atoms with Crippen LogP contribution in [0.1, 0.15) is 29.2 Å². The molecule has 1 aromatic heterocycles. The molecule has 1 amide bonds. The summed E-state index contributed by atoms with van der Waals surface area (Å²) in [7, 11) is 0. The molecule has 1 aliphatic rings. The summed E-state index contributed by atoms with van der Waals surface area (Å²) in [5.41, 5.74) is 7.11. The van der Waals surface area contributed by atoms with Gasteiger partial charge in [0.15, 0.2) is 0 Å². The highest BCUT2D eigenvalue weighted by Crippen LogP contribution is 2.27. The van der Waals surface area contributed by atoms with Crippen LogP contribution in [0.2, 0.25) is 0 Å². The second-order valence-corrected chi connectivity index (χ2v) is 6.50. The molecule has 20 heavy (non-hydrogen) atoms. The Kier molecular flexibility index (Phi) is 4.58. The van der Waals surface area contributed by atoms with E-state index in [1.165, 1.54) is 16.9 Å². The number of nitrogens with zero attached hydrogens (tertiary/aromatic N) is 2. The van der Waals surface area contributed by atoms with Gasteiger partial charge >= 0.3 is 0 Å². The molecular weight excluding hydrogens is 270 g/mol. The van der Waals surface area contributed by atoms with E-state index in [4.69, 9.17) is 11.0 Å². The zero-order valence-corrected chi connectivity index (χ0v) is 12.6. The fourth-order valence-electron chi connectivity index (χ4n) is 2.08. The maximum atomic E-state index is 12.1. The van der Waals surface area contributed by atoms with E-state index in [-0.39, 0.29) is 11.9 Å². The summed E-state index contributed by atoms with van der Waals surface area (Å²) in [6.45, 7) is 5.36. The van der Waals surface area contributed by atoms with Crippen LogP contribution < -0.4 is 5.73 Å². The normalized spacial score (nSPS) is 16.2. The summed E-state index contributed by atoms with van der Waals surface area (Å²) in [6.07, 6.45) is 4.18. The molecule has 2 heterocycles. The molecule has 0 bridgehead atoms. The fraction of sp³-hybridized carbons (Fsp3) is 0.467. The topological polar surface area (TPSA) is 70.1 Å². The third-order valence-electron chi connectivity index (χ3n) is 3.53. The van der Waals surface area contributed by atoms with Crippen molar-refractivity contribution >= 4 is 17.2 Å². The van der Waals surface area contributed by atoms with Gasteiger partial charge < -0.3 is 10.6 Å².